The van der Waals surface area contributed by atoms with Crippen LogP contribution in [0.3, 0.4) is 0 Å². The molecule has 0 aliphatic carbocycles. The fourth-order valence-corrected chi connectivity index (χ4v) is 1.70. The van der Waals surface area contributed by atoms with E-state index in [1.54, 1.807) is 0 Å². The third-order valence-electron chi connectivity index (χ3n) is 2.32. The Kier molecular flexibility index (Phi) is 2.70. The molecule has 0 saturated carbocycles. The van der Waals surface area contributed by atoms with E-state index in [0.717, 1.165) is 17.8 Å². The molecule has 0 bridgehead atoms. The van der Waals surface area contributed by atoms with Crippen molar-refractivity contribution in [1.29, 1.82) is 0 Å². The molecular formula is C12H13N3. The van der Waals surface area contributed by atoms with Crippen molar-refractivity contribution in [1.82, 2.24) is 15.1 Å². The number of para-hydroxylation sites is 1. The largest absolute Gasteiger partial charge is 0.314 e. The molecule has 1 N–H and O–H groups in total. The summed E-state index contributed by atoms with van der Waals surface area (Å²) >= 11 is 0. The smallest absolute Gasteiger partial charge is 0.102 e. The van der Waals surface area contributed by atoms with Crippen molar-refractivity contribution in [3.63, 3.8) is 0 Å². The van der Waals surface area contributed by atoms with Gasteiger partial charge in [-0.2, -0.15) is 5.10 Å². The first-order chi connectivity index (χ1) is 7.36. The number of benzene rings is 1. The van der Waals surface area contributed by atoms with Crippen LogP contribution in [0.2, 0.25) is 0 Å². The van der Waals surface area contributed by atoms with Crippen molar-refractivity contribution in [3.8, 4) is 12.3 Å². The highest BCUT2D eigenvalue weighted by Gasteiger charge is 2.07. The predicted octanol–water partition coefficient (Wildman–Crippen LogP) is 1.39. The van der Waals surface area contributed by atoms with E-state index < -0.39 is 0 Å². The molecule has 0 atom stereocenters. The minimum atomic E-state index is 0.518. The van der Waals surface area contributed by atoms with Crippen LogP contribution in [0, 0.1) is 12.3 Å². The average molecular weight is 199 g/mol. The molecule has 1 heterocycles. The first kappa shape index (κ1) is 9.75. The van der Waals surface area contributed by atoms with Gasteiger partial charge < -0.3 is 5.32 Å². The van der Waals surface area contributed by atoms with Gasteiger partial charge in [-0.15, -0.1) is 6.42 Å². The highest BCUT2D eigenvalue weighted by atomic mass is 15.3. The van der Waals surface area contributed by atoms with Crippen molar-refractivity contribution in [2.24, 2.45) is 0 Å². The Bertz CT molecular complexity index is 505. The maximum Gasteiger partial charge on any atom is 0.102 e. The van der Waals surface area contributed by atoms with E-state index in [9.17, 15) is 0 Å². The third-order valence-corrected chi connectivity index (χ3v) is 2.32. The lowest BCUT2D eigenvalue weighted by molar-refractivity contribution is 0.696. The molecule has 1 aromatic carbocycles. The molecule has 0 aliphatic rings. The van der Waals surface area contributed by atoms with Gasteiger partial charge in [0, 0.05) is 11.9 Å². The number of aromatic nitrogens is 2. The van der Waals surface area contributed by atoms with Crippen LogP contribution >= 0.6 is 0 Å². The molecule has 3 heteroatoms. The second-order valence-electron chi connectivity index (χ2n) is 3.36. The van der Waals surface area contributed by atoms with Crippen LogP contribution in [0.5, 0.6) is 0 Å². The molecule has 76 valence electrons. The quantitative estimate of drug-likeness (QED) is 0.757. The summed E-state index contributed by atoms with van der Waals surface area (Å²) in [4.78, 5) is 0. The number of nitrogens with one attached hydrogen (secondary N) is 1. The number of nitrogens with zero attached hydrogens (tertiary/aromatic N) is 2. The predicted molar refractivity (Wildman–Crippen MR) is 61.3 cm³/mol. The fraction of sp³-hybridized carbons (Fsp3) is 0.250. The summed E-state index contributed by atoms with van der Waals surface area (Å²) in [7, 11) is 1.91. The van der Waals surface area contributed by atoms with Crippen LogP contribution < -0.4 is 5.32 Å². The van der Waals surface area contributed by atoms with Crippen molar-refractivity contribution in [3.05, 3.63) is 30.0 Å². The lowest BCUT2D eigenvalue weighted by Gasteiger charge is -1.95. The summed E-state index contributed by atoms with van der Waals surface area (Å²) in [5.41, 5.74) is 2.14. The summed E-state index contributed by atoms with van der Waals surface area (Å²) in [5, 5.41) is 8.75. The molecule has 1 aromatic heterocycles. The SMILES string of the molecule is C#CCn1nc(CNC)c2ccccc21. The van der Waals surface area contributed by atoms with Crippen LogP contribution in [-0.4, -0.2) is 16.8 Å². The Morgan fingerprint density at radius 1 is 1.47 bits per heavy atom. The van der Waals surface area contributed by atoms with Crippen molar-refractivity contribution in [2.45, 2.75) is 13.1 Å². The van der Waals surface area contributed by atoms with Crippen LogP contribution in [0.4, 0.5) is 0 Å². The summed E-state index contributed by atoms with van der Waals surface area (Å²) in [6.45, 7) is 1.28. The highest BCUT2D eigenvalue weighted by Crippen LogP contribution is 2.17. The molecular weight excluding hydrogens is 186 g/mol. The molecule has 0 radical (unpaired) electrons. The van der Waals surface area contributed by atoms with Crippen molar-refractivity contribution < 1.29 is 0 Å². The second kappa shape index (κ2) is 4.16. The average Bonchev–Trinajstić information content (AvgIpc) is 2.59. The molecule has 0 aliphatic heterocycles. The van der Waals surface area contributed by atoms with E-state index in [4.69, 9.17) is 6.42 Å². The van der Waals surface area contributed by atoms with Crippen LogP contribution in [-0.2, 0) is 13.1 Å². The molecule has 15 heavy (non-hydrogen) atoms. The van der Waals surface area contributed by atoms with Gasteiger partial charge in [0.2, 0.25) is 0 Å². The fourth-order valence-electron chi connectivity index (χ4n) is 1.70. The molecule has 2 aromatic rings. The summed E-state index contributed by atoms with van der Waals surface area (Å²) in [6.07, 6.45) is 5.31. The van der Waals surface area contributed by atoms with Gasteiger partial charge in [-0.25, -0.2) is 0 Å². The Morgan fingerprint density at radius 3 is 3.00 bits per heavy atom. The summed E-state index contributed by atoms with van der Waals surface area (Å²) in [6, 6.07) is 8.13. The number of hydrogen-bond acceptors (Lipinski definition) is 2. The Balaban J connectivity index is 2.58. The molecule has 0 unspecified atom stereocenters. The minimum Gasteiger partial charge on any atom is -0.314 e. The molecule has 0 saturated heterocycles. The number of rotatable bonds is 3. The van der Waals surface area contributed by atoms with Gasteiger partial charge in [0.25, 0.3) is 0 Å². The van der Waals surface area contributed by atoms with Crippen molar-refractivity contribution in [2.75, 3.05) is 7.05 Å². The highest BCUT2D eigenvalue weighted by molar-refractivity contribution is 5.81. The van der Waals surface area contributed by atoms with E-state index >= 15 is 0 Å². The zero-order valence-electron chi connectivity index (χ0n) is 8.70. The monoisotopic (exact) mass is 199 g/mol. The number of fused-ring (bicyclic) bond motifs is 1. The number of hydrogen-bond donors (Lipinski definition) is 1. The number of terminal acetylenes is 1. The zero-order valence-corrected chi connectivity index (χ0v) is 8.70. The van der Waals surface area contributed by atoms with Crippen molar-refractivity contribution >= 4 is 10.9 Å². The van der Waals surface area contributed by atoms with E-state index in [0.29, 0.717) is 6.54 Å². The van der Waals surface area contributed by atoms with Gasteiger partial charge in [0.05, 0.1) is 11.2 Å². The van der Waals surface area contributed by atoms with Crippen LogP contribution in [0.1, 0.15) is 5.69 Å². The molecule has 2 rings (SSSR count). The van der Waals surface area contributed by atoms with Gasteiger partial charge in [0.15, 0.2) is 0 Å². The molecule has 0 amide bonds. The standard InChI is InChI=1S/C12H13N3/c1-3-8-15-12-7-5-4-6-10(12)11(14-15)9-13-2/h1,4-7,13H,8-9H2,2H3. The summed E-state index contributed by atoms with van der Waals surface area (Å²) in [5.74, 6) is 2.61. The third kappa shape index (κ3) is 1.72. The molecule has 0 spiro atoms. The maximum atomic E-state index is 5.31. The summed E-state index contributed by atoms with van der Waals surface area (Å²) < 4.78 is 1.86. The van der Waals surface area contributed by atoms with E-state index in [-0.39, 0.29) is 0 Å². The lowest BCUT2D eigenvalue weighted by atomic mass is 10.2. The van der Waals surface area contributed by atoms with Gasteiger partial charge in [-0.3, -0.25) is 4.68 Å². The van der Waals surface area contributed by atoms with Gasteiger partial charge in [0.1, 0.15) is 6.54 Å². The van der Waals surface area contributed by atoms with Gasteiger partial charge >= 0.3 is 0 Å². The zero-order chi connectivity index (χ0) is 10.7. The van der Waals surface area contributed by atoms with E-state index in [1.165, 1.54) is 5.39 Å². The first-order valence-corrected chi connectivity index (χ1v) is 4.89. The van der Waals surface area contributed by atoms with Gasteiger partial charge in [-0.05, 0) is 13.1 Å². The van der Waals surface area contributed by atoms with E-state index in [1.807, 2.05) is 29.9 Å². The van der Waals surface area contributed by atoms with Gasteiger partial charge in [-0.1, -0.05) is 24.1 Å². The normalized spacial score (nSPS) is 10.4. The van der Waals surface area contributed by atoms with E-state index in [2.05, 4.69) is 22.4 Å². The Hall–Kier alpha value is -1.79. The maximum absolute atomic E-state index is 5.31. The minimum absolute atomic E-state index is 0.518. The molecule has 3 nitrogen and oxygen atoms in total. The first-order valence-electron chi connectivity index (χ1n) is 4.89. The van der Waals surface area contributed by atoms with Crippen LogP contribution in [0.15, 0.2) is 24.3 Å². The molecule has 0 fully saturated rings. The Morgan fingerprint density at radius 2 is 2.27 bits per heavy atom. The topological polar surface area (TPSA) is 29.9 Å². The second-order valence-corrected chi connectivity index (χ2v) is 3.36. The Labute approximate surface area is 89.1 Å². The van der Waals surface area contributed by atoms with Crippen LogP contribution in [0.25, 0.3) is 10.9 Å². The lowest BCUT2D eigenvalue weighted by Crippen LogP contribution is -2.07.